The molecule has 5 heteroatoms. The number of amides is 2. The van der Waals surface area contributed by atoms with Gasteiger partial charge in [0.25, 0.3) is 5.91 Å². The molecule has 2 saturated heterocycles. The average Bonchev–Trinajstić information content (AvgIpc) is 2.93. The first-order chi connectivity index (χ1) is 10.0. The maximum absolute atomic E-state index is 12.6. The van der Waals surface area contributed by atoms with E-state index in [9.17, 15) is 9.59 Å². The summed E-state index contributed by atoms with van der Waals surface area (Å²) in [7, 11) is 0. The molecule has 112 valence electrons. The van der Waals surface area contributed by atoms with Crippen molar-refractivity contribution in [3.05, 3.63) is 35.4 Å². The highest BCUT2D eigenvalue weighted by Gasteiger charge is 2.37. The predicted octanol–water partition coefficient (Wildman–Crippen LogP) is 1.06. The molecule has 0 unspecified atom stereocenters. The van der Waals surface area contributed by atoms with Gasteiger partial charge in [0.05, 0.1) is 13.2 Å². The van der Waals surface area contributed by atoms with Gasteiger partial charge >= 0.3 is 0 Å². The van der Waals surface area contributed by atoms with Gasteiger partial charge in [-0.2, -0.15) is 0 Å². The summed E-state index contributed by atoms with van der Waals surface area (Å²) in [5, 5.41) is 0. The second kappa shape index (κ2) is 5.15. The van der Waals surface area contributed by atoms with Crippen molar-refractivity contribution < 1.29 is 14.3 Å². The molecule has 21 heavy (non-hydrogen) atoms. The fourth-order valence-electron chi connectivity index (χ4n) is 3.07. The van der Waals surface area contributed by atoms with E-state index in [-0.39, 0.29) is 11.3 Å². The van der Waals surface area contributed by atoms with E-state index >= 15 is 0 Å². The quantitative estimate of drug-likeness (QED) is 0.904. The van der Waals surface area contributed by atoms with E-state index in [1.807, 2.05) is 18.2 Å². The number of primary amides is 1. The summed E-state index contributed by atoms with van der Waals surface area (Å²) >= 11 is 0. The lowest BCUT2D eigenvalue weighted by Gasteiger charge is -2.38. The van der Waals surface area contributed by atoms with Crippen LogP contribution in [-0.2, 0) is 14.9 Å². The van der Waals surface area contributed by atoms with Gasteiger partial charge in [0.15, 0.2) is 0 Å². The SMILES string of the molecule is CC1(c2cccc(C(=O)N3CCC[C@@H]3C(N)=O)c2)COC1. The van der Waals surface area contributed by atoms with Gasteiger partial charge in [0, 0.05) is 17.5 Å². The average molecular weight is 288 g/mol. The highest BCUT2D eigenvalue weighted by Crippen LogP contribution is 2.32. The maximum atomic E-state index is 12.6. The summed E-state index contributed by atoms with van der Waals surface area (Å²) in [6.45, 7) is 4.08. The first kappa shape index (κ1) is 14.1. The van der Waals surface area contributed by atoms with Gasteiger partial charge in [0.1, 0.15) is 6.04 Å². The molecule has 3 rings (SSSR count). The number of likely N-dealkylation sites (tertiary alicyclic amines) is 1. The highest BCUT2D eigenvalue weighted by atomic mass is 16.5. The second-order valence-corrected chi connectivity index (χ2v) is 6.19. The van der Waals surface area contributed by atoms with Gasteiger partial charge in [0.2, 0.25) is 5.91 Å². The molecule has 2 fully saturated rings. The Kier molecular flexibility index (Phi) is 3.45. The largest absolute Gasteiger partial charge is 0.379 e. The van der Waals surface area contributed by atoms with Crippen LogP contribution >= 0.6 is 0 Å². The zero-order chi connectivity index (χ0) is 15.0. The number of carbonyl (C=O) groups excluding carboxylic acids is 2. The Hall–Kier alpha value is -1.88. The van der Waals surface area contributed by atoms with Crippen LogP contribution in [0.2, 0.25) is 0 Å². The lowest BCUT2D eigenvalue weighted by atomic mass is 9.80. The molecule has 2 heterocycles. The molecule has 0 radical (unpaired) electrons. The predicted molar refractivity (Wildman–Crippen MR) is 77.9 cm³/mol. The smallest absolute Gasteiger partial charge is 0.254 e. The summed E-state index contributed by atoms with van der Waals surface area (Å²) in [5.74, 6) is -0.529. The molecule has 2 aliphatic rings. The Balaban J connectivity index is 1.85. The van der Waals surface area contributed by atoms with Crippen molar-refractivity contribution in [2.75, 3.05) is 19.8 Å². The molecule has 1 aromatic carbocycles. The Labute approximate surface area is 124 Å². The van der Waals surface area contributed by atoms with Crippen molar-refractivity contribution in [3.8, 4) is 0 Å². The van der Waals surface area contributed by atoms with Crippen LogP contribution in [0.25, 0.3) is 0 Å². The minimum absolute atomic E-state index is 0.00954. The molecule has 2 N–H and O–H groups in total. The van der Waals surface area contributed by atoms with Gasteiger partial charge in [-0.25, -0.2) is 0 Å². The van der Waals surface area contributed by atoms with Crippen LogP contribution in [-0.4, -0.2) is 42.5 Å². The van der Waals surface area contributed by atoms with Crippen molar-refractivity contribution in [1.29, 1.82) is 0 Å². The number of benzene rings is 1. The van der Waals surface area contributed by atoms with E-state index in [2.05, 4.69) is 6.92 Å². The summed E-state index contributed by atoms with van der Waals surface area (Å²) in [6, 6.07) is 7.16. The van der Waals surface area contributed by atoms with Crippen LogP contribution in [0.15, 0.2) is 24.3 Å². The van der Waals surface area contributed by atoms with Crippen molar-refractivity contribution in [3.63, 3.8) is 0 Å². The van der Waals surface area contributed by atoms with E-state index in [1.54, 1.807) is 11.0 Å². The van der Waals surface area contributed by atoms with Crippen LogP contribution in [0.1, 0.15) is 35.7 Å². The molecule has 2 amide bonds. The zero-order valence-corrected chi connectivity index (χ0v) is 12.2. The third kappa shape index (κ3) is 2.42. The lowest BCUT2D eigenvalue weighted by Crippen LogP contribution is -2.45. The van der Waals surface area contributed by atoms with Gasteiger partial charge < -0.3 is 15.4 Å². The van der Waals surface area contributed by atoms with Crippen molar-refractivity contribution in [2.24, 2.45) is 5.73 Å². The fourth-order valence-corrected chi connectivity index (χ4v) is 3.07. The topological polar surface area (TPSA) is 72.6 Å². The third-order valence-electron chi connectivity index (χ3n) is 4.49. The number of hydrogen-bond acceptors (Lipinski definition) is 3. The van der Waals surface area contributed by atoms with Gasteiger partial charge in [-0.3, -0.25) is 9.59 Å². The maximum Gasteiger partial charge on any atom is 0.254 e. The Morgan fingerprint density at radius 1 is 1.38 bits per heavy atom. The van der Waals surface area contributed by atoms with Crippen LogP contribution < -0.4 is 5.73 Å². The Morgan fingerprint density at radius 2 is 2.14 bits per heavy atom. The summed E-state index contributed by atoms with van der Waals surface area (Å²) < 4.78 is 5.28. The molecular weight excluding hydrogens is 268 g/mol. The van der Waals surface area contributed by atoms with Gasteiger partial charge in [-0.15, -0.1) is 0 Å². The van der Waals surface area contributed by atoms with Crippen LogP contribution in [0.5, 0.6) is 0 Å². The molecule has 0 aromatic heterocycles. The molecule has 0 saturated carbocycles. The molecule has 1 atom stereocenters. The molecule has 1 aromatic rings. The molecule has 0 aliphatic carbocycles. The molecule has 0 spiro atoms. The van der Waals surface area contributed by atoms with E-state index in [0.717, 1.165) is 12.0 Å². The summed E-state index contributed by atoms with van der Waals surface area (Å²) in [5.41, 5.74) is 7.10. The van der Waals surface area contributed by atoms with Gasteiger partial charge in [-0.05, 0) is 30.5 Å². The van der Waals surface area contributed by atoms with E-state index in [0.29, 0.717) is 31.7 Å². The second-order valence-electron chi connectivity index (χ2n) is 6.19. The van der Waals surface area contributed by atoms with Crippen molar-refractivity contribution in [1.82, 2.24) is 4.90 Å². The number of nitrogens with two attached hydrogens (primary N) is 1. The van der Waals surface area contributed by atoms with Gasteiger partial charge in [-0.1, -0.05) is 19.1 Å². The third-order valence-corrected chi connectivity index (χ3v) is 4.49. The van der Waals surface area contributed by atoms with Crippen LogP contribution in [0.3, 0.4) is 0 Å². The van der Waals surface area contributed by atoms with E-state index < -0.39 is 11.9 Å². The minimum atomic E-state index is -0.469. The normalized spacial score (nSPS) is 23.7. The zero-order valence-electron chi connectivity index (χ0n) is 12.2. The number of hydrogen-bond donors (Lipinski definition) is 1. The first-order valence-corrected chi connectivity index (χ1v) is 7.30. The monoisotopic (exact) mass is 288 g/mol. The fraction of sp³-hybridized carbons (Fsp3) is 0.500. The molecule has 0 bridgehead atoms. The van der Waals surface area contributed by atoms with Crippen molar-refractivity contribution >= 4 is 11.8 Å². The summed E-state index contributed by atoms with van der Waals surface area (Å²) in [4.78, 5) is 25.7. The minimum Gasteiger partial charge on any atom is -0.379 e. The Morgan fingerprint density at radius 3 is 2.76 bits per heavy atom. The highest BCUT2D eigenvalue weighted by molar-refractivity contribution is 5.97. The van der Waals surface area contributed by atoms with Crippen LogP contribution in [0.4, 0.5) is 0 Å². The Bertz CT molecular complexity index is 581. The first-order valence-electron chi connectivity index (χ1n) is 7.30. The standard InChI is InChI=1S/C16H20N2O3/c1-16(9-21-10-16)12-5-2-4-11(8-12)15(20)18-7-3-6-13(18)14(17)19/h2,4-5,8,13H,3,6-7,9-10H2,1H3,(H2,17,19)/t13-/m1/s1. The number of rotatable bonds is 3. The lowest BCUT2D eigenvalue weighted by molar-refractivity contribution is -0.121. The molecular formula is C16H20N2O3. The van der Waals surface area contributed by atoms with Crippen LogP contribution in [0, 0.1) is 0 Å². The molecule has 5 nitrogen and oxygen atoms in total. The van der Waals surface area contributed by atoms with E-state index in [1.165, 1.54) is 0 Å². The number of carbonyl (C=O) groups is 2. The number of nitrogens with zero attached hydrogens (tertiary/aromatic N) is 1. The van der Waals surface area contributed by atoms with Crippen molar-refractivity contribution in [2.45, 2.75) is 31.2 Å². The summed E-state index contributed by atoms with van der Waals surface area (Å²) in [6.07, 6.45) is 1.48. The number of ether oxygens (including phenoxy) is 1. The molecule has 2 aliphatic heterocycles. The van der Waals surface area contributed by atoms with E-state index in [4.69, 9.17) is 10.5 Å².